The predicted molar refractivity (Wildman–Crippen MR) is 110 cm³/mol. The maximum absolute atomic E-state index is 12.6. The van der Waals surface area contributed by atoms with E-state index in [-0.39, 0.29) is 5.75 Å². The first-order valence-corrected chi connectivity index (χ1v) is 8.90. The van der Waals surface area contributed by atoms with Crippen molar-refractivity contribution in [3.8, 4) is 5.75 Å². The minimum atomic E-state index is -0.748. The standard InChI is InChI=1S/C23H19N3O2/c24-23(28)22(17-9-10-18-15-25-12-11-16(18)13-17)26(19-5-2-1-3-6-19)20-7-4-8-21(27)14-20/h1-15,22,27H,(H2,24,28). The fourth-order valence-electron chi connectivity index (χ4n) is 3.39. The van der Waals surface area contributed by atoms with Crippen molar-refractivity contribution in [2.45, 2.75) is 6.04 Å². The summed E-state index contributed by atoms with van der Waals surface area (Å²) in [5.74, 6) is -0.369. The summed E-state index contributed by atoms with van der Waals surface area (Å²) in [6.45, 7) is 0. The number of aromatic hydroxyl groups is 1. The van der Waals surface area contributed by atoms with Gasteiger partial charge in [-0.1, -0.05) is 36.4 Å². The van der Waals surface area contributed by atoms with Crippen LogP contribution in [0.2, 0.25) is 0 Å². The lowest BCUT2D eigenvalue weighted by Crippen LogP contribution is -2.35. The van der Waals surface area contributed by atoms with Gasteiger partial charge in [-0.2, -0.15) is 0 Å². The number of pyridine rings is 1. The van der Waals surface area contributed by atoms with Crippen LogP contribution in [0.25, 0.3) is 10.8 Å². The summed E-state index contributed by atoms with van der Waals surface area (Å²) in [7, 11) is 0. The average molecular weight is 369 g/mol. The summed E-state index contributed by atoms with van der Waals surface area (Å²) in [4.78, 5) is 18.6. The maximum atomic E-state index is 12.6. The van der Waals surface area contributed by atoms with Crippen LogP contribution < -0.4 is 10.6 Å². The molecule has 28 heavy (non-hydrogen) atoms. The fraction of sp³-hybridized carbons (Fsp3) is 0.0435. The number of carbonyl (C=O) groups is 1. The highest BCUT2D eigenvalue weighted by molar-refractivity contribution is 5.90. The van der Waals surface area contributed by atoms with Gasteiger partial charge in [0.05, 0.1) is 0 Å². The van der Waals surface area contributed by atoms with E-state index in [4.69, 9.17) is 5.73 Å². The molecule has 3 aromatic carbocycles. The molecule has 1 heterocycles. The molecular formula is C23H19N3O2. The summed E-state index contributed by atoms with van der Waals surface area (Å²) < 4.78 is 0. The molecule has 1 atom stereocenters. The highest BCUT2D eigenvalue weighted by atomic mass is 16.3. The molecule has 0 radical (unpaired) electrons. The van der Waals surface area contributed by atoms with E-state index < -0.39 is 11.9 Å². The van der Waals surface area contributed by atoms with Crippen LogP contribution in [0.15, 0.2) is 91.3 Å². The Morgan fingerprint density at radius 2 is 1.68 bits per heavy atom. The summed E-state index contributed by atoms with van der Waals surface area (Å²) in [5, 5.41) is 12.0. The van der Waals surface area contributed by atoms with Crippen LogP contribution in [0.3, 0.4) is 0 Å². The van der Waals surface area contributed by atoms with Gasteiger partial charge in [0.1, 0.15) is 11.8 Å². The number of phenols is 1. The van der Waals surface area contributed by atoms with Crippen molar-refractivity contribution < 1.29 is 9.90 Å². The number of rotatable bonds is 5. The molecular weight excluding hydrogens is 350 g/mol. The second kappa shape index (κ2) is 7.40. The number of para-hydroxylation sites is 1. The number of nitrogens with zero attached hydrogens (tertiary/aromatic N) is 2. The normalized spacial score (nSPS) is 11.9. The van der Waals surface area contributed by atoms with Gasteiger partial charge in [0.25, 0.3) is 0 Å². The molecule has 4 aromatic rings. The molecule has 0 spiro atoms. The molecule has 0 bridgehead atoms. The van der Waals surface area contributed by atoms with E-state index in [0.717, 1.165) is 22.0 Å². The molecule has 0 saturated heterocycles. The third-order valence-electron chi connectivity index (χ3n) is 4.65. The monoisotopic (exact) mass is 369 g/mol. The molecule has 1 unspecified atom stereocenters. The van der Waals surface area contributed by atoms with E-state index >= 15 is 0 Å². The Morgan fingerprint density at radius 1 is 0.893 bits per heavy atom. The van der Waals surface area contributed by atoms with Crippen molar-refractivity contribution in [1.82, 2.24) is 4.98 Å². The lowest BCUT2D eigenvalue weighted by Gasteiger charge is -2.32. The Hall–Kier alpha value is -3.86. The lowest BCUT2D eigenvalue weighted by atomic mass is 9.99. The van der Waals surface area contributed by atoms with Gasteiger partial charge >= 0.3 is 0 Å². The fourth-order valence-corrected chi connectivity index (χ4v) is 3.39. The first kappa shape index (κ1) is 17.5. The van der Waals surface area contributed by atoms with E-state index in [1.807, 2.05) is 65.6 Å². The average Bonchev–Trinajstić information content (AvgIpc) is 2.72. The van der Waals surface area contributed by atoms with E-state index in [0.29, 0.717) is 5.69 Å². The van der Waals surface area contributed by atoms with Crippen molar-refractivity contribution in [3.63, 3.8) is 0 Å². The number of hydrogen-bond acceptors (Lipinski definition) is 4. The number of aromatic nitrogens is 1. The molecule has 5 heteroatoms. The number of fused-ring (bicyclic) bond motifs is 1. The second-order valence-corrected chi connectivity index (χ2v) is 6.51. The Kier molecular flexibility index (Phi) is 4.64. The predicted octanol–water partition coefficient (Wildman–Crippen LogP) is 4.31. The molecule has 4 rings (SSSR count). The number of phenolic OH excluding ortho intramolecular Hbond substituents is 1. The van der Waals surface area contributed by atoms with E-state index in [9.17, 15) is 9.90 Å². The molecule has 3 N–H and O–H groups in total. The van der Waals surface area contributed by atoms with Crippen LogP contribution in [0.5, 0.6) is 5.75 Å². The molecule has 0 aliphatic carbocycles. The third-order valence-corrected chi connectivity index (χ3v) is 4.65. The third kappa shape index (κ3) is 3.38. The van der Waals surface area contributed by atoms with Gasteiger partial charge < -0.3 is 15.7 Å². The van der Waals surface area contributed by atoms with E-state index in [1.54, 1.807) is 30.6 Å². The van der Waals surface area contributed by atoms with Crippen LogP contribution in [-0.4, -0.2) is 16.0 Å². The summed E-state index contributed by atoms with van der Waals surface area (Å²) in [6, 6.07) is 23.2. The largest absolute Gasteiger partial charge is 0.508 e. The zero-order valence-corrected chi connectivity index (χ0v) is 15.1. The van der Waals surface area contributed by atoms with Gasteiger partial charge in [0, 0.05) is 35.2 Å². The van der Waals surface area contributed by atoms with Crippen molar-refractivity contribution in [1.29, 1.82) is 0 Å². The van der Waals surface area contributed by atoms with Crippen LogP contribution in [0.1, 0.15) is 11.6 Å². The van der Waals surface area contributed by atoms with Crippen molar-refractivity contribution >= 4 is 28.1 Å². The van der Waals surface area contributed by atoms with Gasteiger partial charge in [-0.3, -0.25) is 9.78 Å². The van der Waals surface area contributed by atoms with Crippen molar-refractivity contribution in [2.75, 3.05) is 4.90 Å². The Labute approximate surface area is 162 Å². The zero-order chi connectivity index (χ0) is 19.5. The summed E-state index contributed by atoms with van der Waals surface area (Å²) in [6.07, 6.45) is 3.50. The Balaban J connectivity index is 1.91. The molecule has 138 valence electrons. The molecule has 5 nitrogen and oxygen atoms in total. The number of hydrogen-bond donors (Lipinski definition) is 2. The molecule has 0 aliphatic heterocycles. The van der Waals surface area contributed by atoms with Gasteiger partial charge in [0.2, 0.25) is 5.91 Å². The van der Waals surface area contributed by atoms with Crippen LogP contribution >= 0.6 is 0 Å². The Bertz CT molecular complexity index is 1130. The molecule has 1 aromatic heterocycles. The number of carbonyl (C=O) groups excluding carboxylic acids is 1. The van der Waals surface area contributed by atoms with Crippen LogP contribution in [0, 0.1) is 0 Å². The number of anilines is 2. The van der Waals surface area contributed by atoms with Gasteiger partial charge in [-0.05, 0) is 47.3 Å². The summed E-state index contributed by atoms with van der Waals surface area (Å²) in [5.41, 5.74) is 8.10. The molecule has 0 fully saturated rings. The first-order valence-electron chi connectivity index (χ1n) is 8.90. The number of primary amides is 1. The molecule has 1 amide bonds. The van der Waals surface area contributed by atoms with E-state index in [2.05, 4.69) is 4.98 Å². The number of nitrogens with two attached hydrogens (primary N) is 1. The van der Waals surface area contributed by atoms with Crippen molar-refractivity contribution in [3.05, 3.63) is 96.8 Å². The zero-order valence-electron chi connectivity index (χ0n) is 15.1. The Morgan fingerprint density at radius 3 is 2.43 bits per heavy atom. The van der Waals surface area contributed by atoms with Crippen LogP contribution in [0.4, 0.5) is 11.4 Å². The van der Waals surface area contributed by atoms with Gasteiger partial charge in [0.15, 0.2) is 0 Å². The highest BCUT2D eigenvalue weighted by Crippen LogP contribution is 2.37. The SMILES string of the molecule is NC(=O)C(c1ccc2cnccc2c1)N(c1ccccc1)c1cccc(O)c1. The maximum Gasteiger partial charge on any atom is 0.245 e. The topological polar surface area (TPSA) is 79.5 Å². The second-order valence-electron chi connectivity index (χ2n) is 6.51. The first-order chi connectivity index (χ1) is 13.6. The highest BCUT2D eigenvalue weighted by Gasteiger charge is 2.28. The van der Waals surface area contributed by atoms with Crippen molar-refractivity contribution in [2.24, 2.45) is 5.73 Å². The minimum Gasteiger partial charge on any atom is -0.508 e. The number of amides is 1. The number of benzene rings is 3. The molecule has 0 aliphatic rings. The quantitative estimate of drug-likeness (QED) is 0.549. The van der Waals surface area contributed by atoms with Crippen LogP contribution in [-0.2, 0) is 4.79 Å². The smallest absolute Gasteiger partial charge is 0.245 e. The minimum absolute atomic E-state index is 0.117. The van der Waals surface area contributed by atoms with Gasteiger partial charge in [-0.15, -0.1) is 0 Å². The molecule has 0 saturated carbocycles. The summed E-state index contributed by atoms with van der Waals surface area (Å²) >= 11 is 0. The lowest BCUT2D eigenvalue weighted by molar-refractivity contribution is -0.119. The van der Waals surface area contributed by atoms with E-state index in [1.165, 1.54) is 0 Å². The van der Waals surface area contributed by atoms with Gasteiger partial charge in [-0.25, -0.2) is 0 Å².